The van der Waals surface area contributed by atoms with Crippen LogP contribution >= 0.6 is 103 Å². The fourth-order valence-electron chi connectivity index (χ4n) is 14.0. The van der Waals surface area contributed by atoms with E-state index >= 15 is 0 Å². The third-order valence-corrected chi connectivity index (χ3v) is 28.0. The Balaban J connectivity index is 0.879. The smallest absolute Gasteiger partial charge is 0.114 e. The molecular weight excluding hydrogens is 1450 g/mol. The number of hydrogen-bond donors (Lipinski definition) is 0. The SMILES string of the molecule is CCCCCCc1csc(-c2ccc(-c3cc(CCCCCC)c(C#Cc4cc(C#Cc5sc(-c6ccc(-c7cc(CCCCCC)cs7)c7nsnc67)cc5CCCCCC)cc(C#Cc5sc(-c6ccc(-c7cc(CCCCCC)cs7)c7nsnc67)cc5CCCCCC)c4)s3)c3nsnc23)c1. The number of unbranched alkanes of at least 4 members (excludes halogenated alkanes) is 18. The molecule has 0 aliphatic rings. The quantitative estimate of drug-likeness (QED) is 0.0288. The van der Waals surface area contributed by atoms with Crippen molar-refractivity contribution in [3.05, 3.63) is 172 Å². The van der Waals surface area contributed by atoms with Crippen molar-refractivity contribution >= 4 is 136 Å². The molecule has 0 saturated carbocycles. The molecule has 105 heavy (non-hydrogen) atoms. The summed E-state index contributed by atoms with van der Waals surface area (Å²) < 4.78 is 29.9. The van der Waals surface area contributed by atoms with E-state index in [0.29, 0.717) is 0 Å². The lowest BCUT2D eigenvalue weighted by Crippen LogP contribution is -1.88. The number of aromatic nitrogens is 6. The molecule has 9 aromatic heterocycles. The number of nitrogens with zero attached hydrogens (tertiary/aromatic N) is 6. The van der Waals surface area contributed by atoms with E-state index in [4.69, 9.17) is 26.2 Å². The van der Waals surface area contributed by atoms with Crippen LogP contribution in [-0.4, -0.2) is 26.2 Å². The average Bonchev–Trinajstić information content (AvgIpc) is 0.861. The number of thiophene rings is 6. The standard InChI is InChI=1S/C90H96N6S9/c1-7-13-19-25-31-64-52-79(97-58-64)70-40-43-73(88-85(70)91-103-94-88)82-55-67(34-28-22-16-10-4)76(100-82)46-37-61-49-62(38-47-77-68(35-29-23-17-11-5)56-83(101-77)74-44-41-71(86-89(74)95-104-92-86)80-53-65(59-98-80)32-26-20-14-8-2)51-63(50-61)39-48-78-69(36-30-24-18-12-6)57-84(102-78)75-45-42-72(87-90(75)96-105-93-87)81-54-66(60-99-81)33-27-21-15-9-3/h40-45,49-60H,7-36H2,1-6H3. The van der Waals surface area contributed by atoms with Crippen LogP contribution in [-0.2, 0) is 38.5 Å². The predicted molar refractivity (Wildman–Crippen MR) is 464 cm³/mol. The molecule has 0 amide bonds. The normalized spacial score (nSPS) is 11.5. The van der Waals surface area contributed by atoms with Crippen LogP contribution in [0.25, 0.3) is 95.7 Å². The van der Waals surface area contributed by atoms with Crippen LogP contribution < -0.4 is 0 Å². The zero-order valence-corrected chi connectivity index (χ0v) is 69.3. The Morgan fingerprint density at radius 1 is 0.248 bits per heavy atom. The Kier molecular flexibility index (Phi) is 28.3. The Hall–Kier alpha value is -6.78. The Morgan fingerprint density at radius 2 is 0.486 bits per heavy atom. The van der Waals surface area contributed by atoms with Crippen LogP contribution in [0, 0.1) is 35.5 Å². The van der Waals surface area contributed by atoms with Crippen LogP contribution in [0.2, 0.25) is 0 Å². The summed E-state index contributed by atoms with van der Waals surface area (Å²) >= 11 is 14.8. The van der Waals surface area contributed by atoms with Crippen molar-refractivity contribution in [3.63, 3.8) is 0 Å². The first-order valence-corrected chi connectivity index (χ1v) is 46.2. The number of hydrogen-bond acceptors (Lipinski definition) is 15. The van der Waals surface area contributed by atoms with Crippen molar-refractivity contribution in [1.29, 1.82) is 0 Å². The molecule has 540 valence electrons. The fourth-order valence-corrected chi connectivity index (χ4v) is 21.9. The maximum Gasteiger partial charge on any atom is 0.114 e. The topological polar surface area (TPSA) is 77.3 Å². The van der Waals surface area contributed by atoms with Crippen molar-refractivity contribution in [2.24, 2.45) is 0 Å². The van der Waals surface area contributed by atoms with Gasteiger partial charge in [-0.15, -0.1) is 68.0 Å². The van der Waals surface area contributed by atoms with E-state index in [1.54, 1.807) is 34.0 Å². The zero-order valence-electron chi connectivity index (χ0n) is 62.0. The summed E-state index contributed by atoms with van der Waals surface area (Å²) in [5.74, 6) is 22.7. The maximum absolute atomic E-state index is 5.00. The molecule has 13 rings (SSSR count). The molecule has 6 nitrogen and oxygen atoms in total. The molecule has 0 aliphatic heterocycles. The highest BCUT2D eigenvalue weighted by Gasteiger charge is 2.23. The minimum Gasteiger partial charge on any atom is -0.172 e. The van der Waals surface area contributed by atoms with Gasteiger partial charge in [0.25, 0.3) is 0 Å². The lowest BCUT2D eigenvalue weighted by Gasteiger charge is -2.03. The van der Waals surface area contributed by atoms with Crippen LogP contribution in [0.4, 0.5) is 0 Å². The van der Waals surface area contributed by atoms with Gasteiger partial charge in [0, 0.05) is 79.3 Å². The molecule has 0 fully saturated rings. The summed E-state index contributed by atoms with van der Waals surface area (Å²) in [5.41, 5.74) is 23.6. The number of aryl methyl sites for hydroxylation is 6. The highest BCUT2D eigenvalue weighted by Crippen LogP contribution is 2.45. The van der Waals surface area contributed by atoms with E-state index in [9.17, 15) is 0 Å². The molecule has 13 aromatic rings. The summed E-state index contributed by atoms with van der Waals surface area (Å²) in [6.45, 7) is 13.7. The van der Waals surface area contributed by atoms with Crippen LogP contribution in [0.5, 0.6) is 0 Å². The Labute approximate surface area is 660 Å². The van der Waals surface area contributed by atoms with Crippen LogP contribution in [0.15, 0.2) is 107 Å². The first kappa shape index (κ1) is 76.4. The molecule has 0 atom stereocenters. The molecule has 0 saturated heterocycles. The largest absolute Gasteiger partial charge is 0.172 e. The number of fused-ring (bicyclic) bond motifs is 3. The van der Waals surface area contributed by atoms with Gasteiger partial charge in [-0.3, -0.25) is 0 Å². The maximum atomic E-state index is 5.00. The third kappa shape index (κ3) is 19.6. The first-order chi connectivity index (χ1) is 51.8. The molecule has 0 N–H and O–H groups in total. The van der Waals surface area contributed by atoms with Crippen molar-refractivity contribution in [1.82, 2.24) is 26.2 Å². The van der Waals surface area contributed by atoms with E-state index in [2.05, 4.69) is 184 Å². The summed E-state index contributed by atoms with van der Waals surface area (Å²) in [6.07, 6.45) is 35.6. The van der Waals surface area contributed by atoms with E-state index in [0.717, 1.165) is 139 Å². The highest BCUT2D eigenvalue weighted by atomic mass is 32.1. The predicted octanol–water partition coefficient (Wildman–Crippen LogP) is 29.0. The van der Waals surface area contributed by atoms with E-state index < -0.39 is 0 Å². The molecular formula is C90H96N6S9. The second-order valence-corrected chi connectivity index (χ2v) is 35.6. The summed E-state index contributed by atoms with van der Waals surface area (Å²) in [5, 5.41) is 7.02. The third-order valence-electron chi connectivity index (χ3n) is 20.0. The van der Waals surface area contributed by atoms with Gasteiger partial charge >= 0.3 is 0 Å². The summed E-state index contributed by atoms with van der Waals surface area (Å²) in [7, 11) is 0. The molecule has 0 bridgehead atoms. The van der Waals surface area contributed by atoms with Crippen LogP contribution in [0.3, 0.4) is 0 Å². The lowest BCUT2D eigenvalue weighted by molar-refractivity contribution is 0.667. The Bertz CT molecular complexity index is 4680. The van der Waals surface area contributed by atoms with Crippen molar-refractivity contribution in [3.8, 4) is 98.2 Å². The molecule has 9 heterocycles. The molecule has 0 radical (unpaired) electrons. The fraction of sp³-hybridized carbons (Fsp3) is 0.400. The number of benzene rings is 4. The summed E-state index contributed by atoms with van der Waals surface area (Å²) in [4.78, 5) is 10.6. The van der Waals surface area contributed by atoms with E-state index in [1.807, 2.05) is 34.0 Å². The molecule has 4 aromatic carbocycles. The van der Waals surface area contributed by atoms with Gasteiger partial charge in [-0.2, -0.15) is 26.2 Å². The summed E-state index contributed by atoms with van der Waals surface area (Å²) in [6, 6.07) is 34.6. The number of rotatable bonds is 36. The minimum atomic E-state index is 0.896. The van der Waals surface area contributed by atoms with Crippen molar-refractivity contribution < 1.29 is 0 Å². The van der Waals surface area contributed by atoms with E-state index in [-0.39, 0.29) is 0 Å². The molecule has 0 aliphatic carbocycles. The molecule has 15 heteroatoms. The lowest BCUT2D eigenvalue weighted by atomic mass is 10.0. The van der Waals surface area contributed by atoms with Gasteiger partial charge in [-0.25, -0.2) is 0 Å². The highest BCUT2D eigenvalue weighted by molar-refractivity contribution is 7.17. The van der Waals surface area contributed by atoms with Crippen molar-refractivity contribution in [2.45, 2.75) is 234 Å². The van der Waals surface area contributed by atoms with E-state index in [1.165, 1.54) is 249 Å². The first-order valence-electron chi connectivity index (χ1n) is 38.9. The zero-order chi connectivity index (χ0) is 72.1. The Morgan fingerprint density at radius 3 is 0.733 bits per heavy atom. The van der Waals surface area contributed by atoms with Crippen molar-refractivity contribution in [2.75, 3.05) is 0 Å². The van der Waals surface area contributed by atoms with Gasteiger partial charge in [0.2, 0.25) is 0 Å². The molecule has 0 spiro atoms. The monoisotopic (exact) mass is 1550 g/mol. The minimum absolute atomic E-state index is 0.896. The van der Waals surface area contributed by atoms with Crippen LogP contribution in [0.1, 0.15) is 260 Å². The van der Waals surface area contributed by atoms with Gasteiger partial charge in [0.05, 0.1) is 49.8 Å². The van der Waals surface area contributed by atoms with Gasteiger partial charge in [0.1, 0.15) is 33.1 Å². The second-order valence-electron chi connectivity index (χ2n) is 28.1. The average molecular weight is 1550 g/mol. The second kappa shape index (κ2) is 38.8. The molecule has 0 unspecified atom stereocenters. The van der Waals surface area contributed by atoms with Gasteiger partial charge in [0.15, 0.2) is 0 Å². The van der Waals surface area contributed by atoms with Gasteiger partial charge < -0.3 is 0 Å². The van der Waals surface area contributed by atoms with Gasteiger partial charge in [-0.05, 0) is 181 Å². The van der Waals surface area contributed by atoms with Gasteiger partial charge in [-0.1, -0.05) is 229 Å².